The van der Waals surface area contributed by atoms with Crippen molar-refractivity contribution < 1.29 is 4.79 Å². The second-order valence-electron chi connectivity index (χ2n) is 5.24. The first-order valence-electron chi connectivity index (χ1n) is 6.96. The van der Waals surface area contributed by atoms with Crippen molar-refractivity contribution in [2.45, 2.75) is 25.7 Å². The molecule has 1 saturated heterocycles. The van der Waals surface area contributed by atoms with Gasteiger partial charge in [0.15, 0.2) is 0 Å². The SMILES string of the molecule is CCN1CCCC(c2cn3ccc(C=O)cc3n2)C1. The third-order valence-corrected chi connectivity index (χ3v) is 4.01. The average Bonchev–Trinajstić information content (AvgIpc) is 2.90. The third-order valence-electron chi connectivity index (χ3n) is 4.01. The molecule has 0 saturated carbocycles. The summed E-state index contributed by atoms with van der Waals surface area (Å²) in [6.07, 6.45) is 7.34. The first kappa shape index (κ1) is 12.4. The van der Waals surface area contributed by atoms with E-state index in [4.69, 9.17) is 4.98 Å². The molecule has 2 aromatic rings. The zero-order chi connectivity index (χ0) is 13.2. The summed E-state index contributed by atoms with van der Waals surface area (Å²) in [7, 11) is 0. The van der Waals surface area contributed by atoms with Crippen LogP contribution in [0.1, 0.15) is 41.7 Å². The molecule has 4 nitrogen and oxygen atoms in total. The number of carbonyl (C=O) groups is 1. The van der Waals surface area contributed by atoms with Crippen LogP contribution in [0.2, 0.25) is 0 Å². The lowest BCUT2D eigenvalue weighted by molar-refractivity contribution is 0.112. The molecule has 4 heteroatoms. The van der Waals surface area contributed by atoms with E-state index < -0.39 is 0 Å². The number of imidazole rings is 1. The van der Waals surface area contributed by atoms with Crippen molar-refractivity contribution in [3.8, 4) is 0 Å². The standard InChI is InChI=1S/C15H19N3O/c1-2-17-6-3-4-13(9-17)14-10-18-7-5-12(11-19)8-15(18)16-14/h5,7-8,10-11,13H,2-4,6,9H2,1H3. The first-order valence-corrected chi connectivity index (χ1v) is 6.96. The number of aromatic nitrogens is 2. The van der Waals surface area contributed by atoms with Crippen molar-refractivity contribution in [1.29, 1.82) is 0 Å². The molecule has 0 N–H and O–H groups in total. The predicted octanol–water partition coefficient (Wildman–Crippen LogP) is 2.35. The second kappa shape index (κ2) is 5.13. The quantitative estimate of drug-likeness (QED) is 0.792. The molecule has 3 rings (SSSR count). The van der Waals surface area contributed by atoms with Gasteiger partial charge in [-0.15, -0.1) is 0 Å². The molecule has 1 unspecified atom stereocenters. The maximum Gasteiger partial charge on any atom is 0.150 e. The van der Waals surface area contributed by atoms with E-state index in [2.05, 4.69) is 18.0 Å². The summed E-state index contributed by atoms with van der Waals surface area (Å²) in [6.45, 7) is 5.62. The fourth-order valence-corrected chi connectivity index (χ4v) is 2.87. The summed E-state index contributed by atoms with van der Waals surface area (Å²) in [4.78, 5) is 18.0. The number of likely N-dealkylation sites (tertiary alicyclic amines) is 1. The van der Waals surface area contributed by atoms with E-state index >= 15 is 0 Å². The minimum absolute atomic E-state index is 0.522. The number of fused-ring (bicyclic) bond motifs is 1. The van der Waals surface area contributed by atoms with Crippen LogP contribution in [0.25, 0.3) is 5.65 Å². The van der Waals surface area contributed by atoms with Crippen LogP contribution in [0, 0.1) is 0 Å². The fraction of sp³-hybridized carbons (Fsp3) is 0.467. The zero-order valence-corrected chi connectivity index (χ0v) is 11.2. The Bertz CT molecular complexity index is 590. The highest BCUT2D eigenvalue weighted by Crippen LogP contribution is 2.26. The fourth-order valence-electron chi connectivity index (χ4n) is 2.87. The summed E-state index contributed by atoms with van der Waals surface area (Å²) < 4.78 is 2.01. The summed E-state index contributed by atoms with van der Waals surface area (Å²) in [5.74, 6) is 0.522. The Balaban J connectivity index is 1.90. The highest BCUT2D eigenvalue weighted by molar-refractivity contribution is 5.76. The normalized spacial score (nSPS) is 20.8. The van der Waals surface area contributed by atoms with Crippen LogP contribution in [0.5, 0.6) is 0 Å². The van der Waals surface area contributed by atoms with Gasteiger partial charge in [0.2, 0.25) is 0 Å². The monoisotopic (exact) mass is 257 g/mol. The number of nitrogens with zero attached hydrogens (tertiary/aromatic N) is 3. The minimum Gasteiger partial charge on any atom is -0.307 e. The smallest absolute Gasteiger partial charge is 0.150 e. The molecule has 0 spiro atoms. The Morgan fingerprint density at radius 1 is 1.53 bits per heavy atom. The summed E-state index contributed by atoms with van der Waals surface area (Å²) in [5, 5.41) is 0. The van der Waals surface area contributed by atoms with E-state index in [-0.39, 0.29) is 0 Å². The number of hydrogen-bond donors (Lipinski definition) is 0. The number of aldehydes is 1. The number of hydrogen-bond acceptors (Lipinski definition) is 3. The zero-order valence-electron chi connectivity index (χ0n) is 11.2. The molecule has 0 aliphatic carbocycles. The maximum absolute atomic E-state index is 10.8. The molecule has 0 bridgehead atoms. The van der Waals surface area contributed by atoms with Gasteiger partial charge in [-0.3, -0.25) is 4.79 Å². The Kier molecular flexibility index (Phi) is 3.34. The molecule has 2 aromatic heterocycles. The molecular formula is C15H19N3O. The lowest BCUT2D eigenvalue weighted by atomic mass is 9.95. The highest BCUT2D eigenvalue weighted by Gasteiger charge is 2.22. The van der Waals surface area contributed by atoms with Gasteiger partial charge in [-0.1, -0.05) is 6.92 Å². The molecular weight excluding hydrogens is 238 g/mol. The Hall–Kier alpha value is -1.68. The molecule has 1 fully saturated rings. The van der Waals surface area contributed by atoms with Gasteiger partial charge in [0.1, 0.15) is 11.9 Å². The van der Waals surface area contributed by atoms with Gasteiger partial charge in [-0.05, 0) is 38.1 Å². The molecule has 1 aliphatic rings. The van der Waals surface area contributed by atoms with Crippen LogP contribution in [0.4, 0.5) is 0 Å². The van der Waals surface area contributed by atoms with Gasteiger partial charge in [-0.25, -0.2) is 4.98 Å². The predicted molar refractivity (Wildman–Crippen MR) is 74.7 cm³/mol. The van der Waals surface area contributed by atoms with Crippen LogP contribution in [0.15, 0.2) is 24.5 Å². The number of rotatable bonds is 3. The first-order chi connectivity index (χ1) is 9.30. The van der Waals surface area contributed by atoms with Gasteiger partial charge in [0.05, 0.1) is 5.69 Å². The van der Waals surface area contributed by atoms with Crippen LogP contribution in [0.3, 0.4) is 0 Å². The van der Waals surface area contributed by atoms with Crippen LogP contribution in [-0.4, -0.2) is 40.2 Å². The van der Waals surface area contributed by atoms with E-state index in [0.717, 1.165) is 30.7 Å². The topological polar surface area (TPSA) is 37.6 Å². The van der Waals surface area contributed by atoms with E-state index in [1.807, 2.05) is 22.7 Å². The largest absolute Gasteiger partial charge is 0.307 e. The highest BCUT2D eigenvalue weighted by atomic mass is 16.1. The molecule has 0 amide bonds. The van der Waals surface area contributed by atoms with E-state index in [9.17, 15) is 4.79 Å². The van der Waals surface area contributed by atoms with Crippen molar-refractivity contribution in [2.24, 2.45) is 0 Å². The molecule has 0 aromatic carbocycles. The molecule has 1 aliphatic heterocycles. The summed E-state index contributed by atoms with van der Waals surface area (Å²) in [6, 6.07) is 3.67. The number of pyridine rings is 1. The molecule has 3 heterocycles. The van der Waals surface area contributed by atoms with Gasteiger partial charge in [0, 0.05) is 30.4 Å². The Morgan fingerprint density at radius 3 is 3.21 bits per heavy atom. The van der Waals surface area contributed by atoms with Gasteiger partial charge < -0.3 is 9.30 Å². The molecule has 0 radical (unpaired) electrons. The van der Waals surface area contributed by atoms with Gasteiger partial charge >= 0.3 is 0 Å². The lowest BCUT2D eigenvalue weighted by Gasteiger charge is -2.30. The molecule has 100 valence electrons. The minimum atomic E-state index is 0.522. The summed E-state index contributed by atoms with van der Waals surface area (Å²) in [5.41, 5.74) is 2.71. The van der Waals surface area contributed by atoms with Crippen LogP contribution < -0.4 is 0 Å². The third kappa shape index (κ3) is 2.40. The number of carbonyl (C=O) groups excluding carboxylic acids is 1. The van der Waals surface area contributed by atoms with Crippen LogP contribution in [-0.2, 0) is 0 Å². The number of piperidine rings is 1. The second-order valence-corrected chi connectivity index (χ2v) is 5.24. The van der Waals surface area contributed by atoms with Crippen molar-refractivity contribution in [2.75, 3.05) is 19.6 Å². The van der Waals surface area contributed by atoms with E-state index in [0.29, 0.717) is 11.5 Å². The number of likely N-dealkylation sites (N-methyl/N-ethyl adjacent to an activating group) is 1. The van der Waals surface area contributed by atoms with Crippen molar-refractivity contribution in [3.63, 3.8) is 0 Å². The molecule has 1 atom stereocenters. The van der Waals surface area contributed by atoms with Gasteiger partial charge in [-0.2, -0.15) is 0 Å². The van der Waals surface area contributed by atoms with E-state index in [1.54, 1.807) is 0 Å². The molecule has 19 heavy (non-hydrogen) atoms. The van der Waals surface area contributed by atoms with Crippen LogP contribution >= 0.6 is 0 Å². The van der Waals surface area contributed by atoms with Crippen molar-refractivity contribution >= 4 is 11.9 Å². The van der Waals surface area contributed by atoms with Crippen molar-refractivity contribution in [1.82, 2.24) is 14.3 Å². The average molecular weight is 257 g/mol. The van der Waals surface area contributed by atoms with E-state index in [1.165, 1.54) is 19.4 Å². The van der Waals surface area contributed by atoms with Gasteiger partial charge in [0.25, 0.3) is 0 Å². The Morgan fingerprint density at radius 2 is 2.42 bits per heavy atom. The van der Waals surface area contributed by atoms with Crippen molar-refractivity contribution in [3.05, 3.63) is 35.8 Å². The Labute approximate surface area is 113 Å². The maximum atomic E-state index is 10.8. The lowest BCUT2D eigenvalue weighted by Crippen LogP contribution is -2.34. The summed E-state index contributed by atoms with van der Waals surface area (Å²) >= 11 is 0.